The van der Waals surface area contributed by atoms with E-state index in [1.165, 1.54) is 4.90 Å². The van der Waals surface area contributed by atoms with Crippen LogP contribution in [0.1, 0.15) is 18.9 Å². The molecule has 0 bridgehead atoms. The minimum absolute atomic E-state index is 0.0613. The monoisotopic (exact) mass is 265 g/mol. The van der Waals surface area contributed by atoms with E-state index in [1.807, 2.05) is 18.2 Å². The molecule has 1 aromatic rings. The summed E-state index contributed by atoms with van der Waals surface area (Å²) >= 11 is 0. The van der Waals surface area contributed by atoms with Crippen LogP contribution in [0.2, 0.25) is 0 Å². The highest BCUT2D eigenvalue weighted by Crippen LogP contribution is 2.18. The lowest BCUT2D eigenvalue weighted by atomic mass is 10.1. The van der Waals surface area contributed by atoms with E-state index in [-0.39, 0.29) is 24.8 Å². The van der Waals surface area contributed by atoms with E-state index in [0.717, 1.165) is 5.56 Å². The summed E-state index contributed by atoms with van der Waals surface area (Å²) < 4.78 is 5.19. The van der Waals surface area contributed by atoms with E-state index < -0.39 is 5.97 Å². The summed E-state index contributed by atoms with van der Waals surface area (Å²) in [6, 6.07) is 6.96. The summed E-state index contributed by atoms with van der Waals surface area (Å²) in [4.78, 5) is 24.2. The first-order chi connectivity index (χ1) is 8.95. The number of ether oxygens (including phenoxy) is 1. The molecule has 19 heavy (non-hydrogen) atoms. The second-order valence-electron chi connectivity index (χ2n) is 4.44. The van der Waals surface area contributed by atoms with Gasteiger partial charge in [0.25, 0.3) is 0 Å². The van der Waals surface area contributed by atoms with Gasteiger partial charge in [-0.15, -0.1) is 0 Å². The Morgan fingerprint density at radius 1 is 1.37 bits per heavy atom. The molecule has 0 fully saturated rings. The molecule has 1 N–H and O–H groups in total. The third-order valence-corrected chi connectivity index (χ3v) is 3.06. The SMILES string of the molecule is COc1ccccc1CC(=O)N(C)C(C)CC(=O)O. The molecule has 1 amide bonds. The van der Waals surface area contributed by atoms with E-state index in [2.05, 4.69) is 0 Å². The van der Waals surface area contributed by atoms with Gasteiger partial charge >= 0.3 is 5.97 Å². The molecule has 1 rings (SSSR count). The summed E-state index contributed by atoms with van der Waals surface area (Å²) in [7, 11) is 3.17. The van der Waals surface area contributed by atoms with E-state index in [9.17, 15) is 9.59 Å². The highest BCUT2D eigenvalue weighted by molar-refractivity contribution is 5.80. The molecular weight excluding hydrogens is 246 g/mol. The zero-order chi connectivity index (χ0) is 14.4. The van der Waals surface area contributed by atoms with Gasteiger partial charge in [0.05, 0.1) is 20.0 Å². The summed E-state index contributed by atoms with van der Waals surface area (Å²) in [6.45, 7) is 1.72. The number of nitrogens with zero attached hydrogens (tertiary/aromatic N) is 1. The number of aliphatic carboxylic acids is 1. The molecule has 1 unspecified atom stereocenters. The van der Waals surface area contributed by atoms with Crippen LogP contribution in [0, 0.1) is 0 Å². The second-order valence-corrected chi connectivity index (χ2v) is 4.44. The lowest BCUT2D eigenvalue weighted by molar-refractivity contribution is -0.139. The van der Waals surface area contributed by atoms with Gasteiger partial charge in [-0.3, -0.25) is 9.59 Å². The standard InChI is InChI=1S/C14H19NO4/c1-10(8-14(17)18)15(2)13(16)9-11-6-4-5-7-12(11)19-3/h4-7,10H,8-9H2,1-3H3,(H,17,18). The maximum absolute atomic E-state index is 12.1. The Labute approximate surface area is 112 Å². The first kappa shape index (κ1) is 15.0. The van der Waals surface area contributed by atoms with Crippen molar-refractivity contribution in [3.63, 3.8) is 0 Å². The van der Waals surface area contributed by atoms with E-state index in [1.54, 1.807) is 27.1 Å². The Morgan fingerprint density at radius 2 is 2.00 bits per heavy atom. The number of methoxy groups -OCH3 is 1. The predicted octanol–water partition coefficient (Wildman–Crippen LogP) is 1.56. The highest BCUT2D eigenvalue weighted by Gasteiger charge is 2.19. The van der Waals surface area contributed by atoms with Gasteiger partial charge in [-0.1, -0.05) is 18.2 Å². The number of carboxylic acid groups (broad SMARTS) is 1. The number of para-hydroxylation sites is 1. The Kier molecular flexibility index (Phi) is 5.36. The normalized spacial score (nSPS) is 11.7. The molecule has 0 aliphatic heterocycles. The van der Waals surface area contributed by atoms with Crippen molar-refractivity contribution in [3.05, 3.63) is 29.8 Å². The number of carboxylic acids is 1. The summed E-state index contributed by atoms with van der Waals surface area (Å²) in [5, 5.41) is 8.73. The Hall–Kier alpha value is -2.04. The Bertz CT molecular complexity index is 459. The fraction of sp³-hybridized carbons (Fsp3) is 0.429. The van der Waals surface area contributed by atoms with Gasteiger partial charge in [-0.05, 0) is 13.0 Å². The van der Waals surface area contributed by atoms with Gasteiger partial charge in [0.1, 0.15) is 5.75 Å². The minimum atomic E-state index is -0.913. The molecule has 0 heterocycles. The number of hydrogen-bond acceptors (Lipinski definition) is 3. The zero-order valence-corrected chi connectivity index (χ0v) is 11.4. The molecule has 0 radical (unpaired) electrons. The molecule has 5 heteroatoms. The number of likely N-dealkylation sites (N-methyl/N-ethyl adjacent to an activating group) is 1. The summed E-state index contributed by atoms with van der Waals surface area (Å²) in [6.07, 6.45) is 0.138. The predicted molar refractivity (Wildman–Crippen MR) is 71.2 cm³/mol. The van der Waals surface area contributed by atoms with Crippen LogP contribution in [0.5, 0.6) is 5.75 Å². The van der Waals surface area contributed by atoms with Crippen molar-refractivity contribution in [2.24, 2.45) is 0 Å². The van der Waals surface area contributed by atoms with Gasteiger partial charge in [0.15, 0.2) is 0 Å². The lowest BCUT2D eigenvalue weighted by Crippen LogP contribution is -2.37. The number of amides is 1. The second kappa shape index (κ2) is 6.78. The van der Waals surface area contributed by atoms with E-state index >= 15 is 0 Å². The molecule has 0 aliphatic carbocycles. The van der Waals surface area contributed by atoms with Crippen molar-refractivity contribution in [2.45, 2.75) is 25.8 Å². The van der Waals surface area contributed by atoms with Crippen LogP contribution in [0.25, 0.3) is 0 Å². The number of carbonyl (C=O) groups is 2. The molecule has 0 aromatic heterocycles. The van der Waals surface area contributed by atoms with Crippen molar-refractivity contribution < 1.29 is 19.4 Å². The minimum Gasteiger partial charge on any atom is -0.496 e. The Morgan fingerprint density at radius 3 is 2.58 bits per heavy atom. The molecule has 1 atom stereocenters. The molecule has 0 saturated heterocycles. The molecule has 104 valence electrons. The first-order valence-electron chi connectivity index (χ1n) is 6.05. The average Bonchev–Trinajstić information content (AvgIpc) is 2.37. The van der Waals surface area contributed by atoms with Crippen molar-refractivity contribution in [1.82, 2.24) is 4.90 Å². The van der Waals surface area contributed by atoms with Crippen LogP contribution in [0.4, 0.5) is 0 Å². The number of benzene rings is 1. The fourth-order valence-electron chi connectivity index (χ4n) is 1.77. The quantitative estimate of drug-likeness (QED) is 0.847. The smallest absolute Gasteiger partial charge is 0.305 e. The van der Waals surface area contributed by atoms with Crippen molar-refractivity contribution >= 4 is 11.9 Å². The molecule has 0 saturated carbocycles. The van der Waals surface area contributed by atoms with Gasteiger partial charge in [0.2, 0.25) is 5.91 Å². The van der Waals surface area contributed by atoms with Gasteiger partial charge in [-0.25, -0.2) is 0 Å². The van der Waals surface area contributed by atoms with Crippen LogP contribution in [0.15, 0.2) is 24.3 Å². The van der Waals surface area contributed by atoms with Crippen LogP contribution < -0.4 is 4.74 Å². The van der Waals surface area contributed by atoms with Crippen LogP contribution in [-0.2, 0) is 16.0 Å². The lowest BCUT2D eigenvalue weighted by Gasteiger charge is -2.24. The largest absolute Gasteiger partial charge is 0.496 e. The maximum Gasteiger partial charge on any atom is 0.305 e. The van der Waals surface area contributed by atoms with Gasteiger partial charge in [-0.2, -0.15) is 0 Å². The molecule has 0 aliphatic rings. The highest BCUT2D eigenvalue weighted by atomic mass is 16.5. The summed E-state index contributed by atoms with van der Waals surface area (Å²) in [5.74, 6) is -0.377. The molecule has 1 aromatic carbocycles. The maximum atomic E-state index is 12.1. The van der Waals surface area contributed by atoms with E-state index in [4.69, 9.17) is 9.84 Å². The topological polar surface area (TPSA) is 66.8 Å². The van der Waals surface area contributed by atoms with Gasteiger partial charge in [0, 0.05) is 18.7 Å². The van der Waals surface area contributed by atoms with E-state index in [0.29, 0.717) is 5.75 Å². The molecular formula is C14H19NO4. The van der Waals surface area contributed by atoms with Crippen molar-refractivity contribution in [3.8, 4) is 5.75 Å². The Balaban J connectivity index is 2.71. The van der Waals surface area contributed by atoms with Crippen molar-refractivity contribution in [1.29, 1.82) is 0 Å². The van der Waals surface area contributed by atoms with Crippen LogP contribution >= 0.6 is 0 Å². The third-order valence-electron chi connectivity index (χ3n) is 3.06. The average molecular weight is 265 g/mol. The van der Waals surface area contributed by atoms with Crippen molar-refractivity contribution in [2.75, 3.05) is 14.2 Å². The summed E-state index contributed by atoms with van der Waals surface area (Å²) in [5.41, 5.74) is 0.796. The van der Waals surface area contributed by atoms with Gasteiger partial charge < -0.3 is 14.7 Å². The molecule has 5 nitrogen and oxygen atoms in total. The van der Waals surface area contributed by atoms with Crippen LogP contribution in [0.3, 0.4) is 0 Å². The number of carbonyl (C=O) groups excluding carboxylic acids is 1. The first-order valence-corrected chi connectivity index (χ1v) is 6.05. The molecule has 0 spiro atoms. The third kappa shape index (κ3) is 4.28. The fourth-order valence-corrected chi connectivity index (χ4v) is 1.77. The zero-order valence-electron chi connectivity index (χ0n) is 11.4. The van der Waals surface area contributed by atoms with Crippen LogP contribution in [-0.4, -0.2) is 42.1 Å². The number of rotatable bonds is 6. The number of hydrogen-bond donors (Lipinski definition) is 1.